The Balaban J connectivity index is 2.89. The highest BCUT2D eigenvalue weighted by atomic mass is 32.2. The molecule has 0 radical (unpaired) electrons. The van der Waals surface area contributed by atoms with Gasteiger partial charge in [0.15, 0.2) is 0 Å². The highest BCUT2D eigenvalue weighted by Crippen LogP contribution is 2.12. The van der Waals surface area contributed by atoms with E-state index in [2.05, 4.69) is 4.72 Å². The molecule has 104 valence electrons. The molecule has 6 heteroatoms. The number of hydrogen-bond donors (Lipinski definition) is 2. The number of nitrogens with zero attached hydrogens (tertiary/aromatic N) is 1. The normalized spacial score (nSPS) is 13.2. The van der Waals surface area contributed by atoms with E-state index >= 15 is 0 Å². The maximum absolute atomic E-state index is 12.1. The van der Waals surface area contributed by atoms with Crippen LogP contribution in [-0.4, -0.2) is 21.0 Å². The Bertz CT molecular complexity index is 561. The van der Waals surface area contributed by atoms with Crippen LogP contribution >= 0.6 is 0 Å². The molecule has 1 aromatic rings. The number of nitriles is 1. The van der Waals surface area contributed by atoms with Crippen LogP contribution in [0.15, 0.2) is 24.3 Å². The quantitative estimate of drug-likeness (QED) is 0.811. The summed E-state index contributed by atoms with van der Waals surface area (Å²) in [5.41, 5.74) is 6.42. The minimum Gasteiger partial charge on any atom is -0.329 e. The summed E-state index contributed by atoms with van der Waals surface area (Å²) in [4.78, 5) is 0. The molecule has 5 nitrogen and oxygen atoms in total. The molecule has 0 heterocycles. The molecule has 3 N–H and O–H groups in total. The fourth-order valence-corrected chi connectivity index (χ4v) is 3.26. The Morgan fingerprint density at radius 3 is 2.53 bits per heavy atom. The second-order valence-electron chi connectivity index (χ2n) is 4.73. The van der Waals surface area contributed by atoms with E-state index in [9.17, 15) is 8.42 Å². The van der Waals surface area contributed by atoms with Gasteiger partial charge in [-0.15, -0.1) is 0 Å². The van der Waals surface area contributed by atoms with E-state index in [1.165, 1.54) is 0 Å². The second-order valence-corrected chi connectivity index (χ2v) is 6.49. The zero-order chi connectivity index (χ0) is 14.5. The number of hydrogen-bond acceptors (Lipinski definition) is 4. The van der Waals surface area contributed by atoms with Crippen molar-refractivity contribution in [2.45, 2.75) is 25.6 Å². The van der Waals surface area contributed by atoms with Gasteiger partial charge >= 0.3 is 0 Å². The van der Waals surface area contributed by atoms with Gasteiger partial charge in [0, 0.05) is 12.6 Å². The van der Waals surface area contributed by atoms with Crippen LogP contribution in [0, 0.1) is 17.2 Å². The number of rotatable bonds is 6. The monoisotopic (exact) mass is 281 g/mol. The highest BCUT2D eigenvalue weighted by molar-refractivity contribution is 7.88. The SMILES string of the molecule is CC(C)C(CN)NS(=O)(=O)Cc1ccccc1C#N. The zero-order valence-electron chi connectivity index (χ0n) is 11.1. The van der Waals surface area contributed by atoms with Crippen LogP contribution in [0.5, 0.6) is 0 Å². The number of nitrogens with one attached hydrogen (secondary N) is 1. The van der Waals surface area contributed by atoms with Gasteiger partial charge in [0.05, 0.1) is 17.4 Å². The van der Waals surface area contributed by atoms with Gasteiger partial charge in [-0.1, -0.05) is 32.0 Å². The summed E-state index contributed by atoms with van der Waals surface area (Å²) in [6.07, 6.45) is 0. The minimum absolute atomic E-state index is 0.117. The fourth-order valence-electron chi connectivity index (χ4n) is 1.69. The van der Waals surface area contributed by atoms with E-state index in [4.69, 9.17) is 11.0 Å². The number of sulfonamides is 1. The predicted octanol–water partition coefficient (Wildman–Crippen LogP) is 0.961. The maximum atomic E-state index is 12.1. The molecule has 1 unspecified atom stereocenters. The first-order valence-electron chi connectivity index (χ1n) is 6.07. The van der Waals surface area contributed by atoms with E-state index in [0.29, 0.717) is 11.1 Å². The molecule has 1 aromatic carbocycles. The average Bonchev–Trinajstić information content (AvgIpc) is 2.36. The lowest BCUT2D eigenvalue weighted by Gasteiger charge is -2.20. The Hall–Kier alpha value is -1.42. The fraction of sp³-hybridized carbons (Fsp3) is 0.462. The van der Waals surface area contributed by atoms with Crippen LogP contribution in [-0.2, 0) is 15.8 Å². The van der Waals surface area contributed by atoms with Crippen LogP contribution in [0.25, 0.3) is 0 Å². The van der Waals surface area contributed by atoms with Crippen molar-refractivity contribution < 1.29 is 8.42 Å². The topological polar surface area (TPSA) is 96.0 Å². The lowest BCUT2D eigenvalue weighted by molar-refractivity contribution is 0.454. The molecule has 0 aliphatic carbocycles. The van der Waals surface area contributed by atoms with Crippen molar-refractivity contribution in [2.24, 2.45) is 11.7 Å². The Labute approximate surface area is 114 Å². The van der Waals surface area contributed by atoms with Gasteiger partial charge in [-0.2, -0.15) is 5.26 Å². The van der Waals surface area contributed by atoms with Crippen molar-refractivity contribution in [2.75, 3.05) is 6.54 Å². The Morgan fingerprint density at radius 2 is 2.00 bits per heavy atom. The third-order valence-corrected chi connectivity index (χ3v) is 4.23. The molecule has 0 aliphatic rings. The summed E-state index contributed by atoms with van der Waals surface area (Å²) < 4.78 is 26.7. The molecule has 0 saturated carbocycles. The molecule has 0 fully saturated rings. The van der Waals surface area contributed by atoms with Crippen LogP contribution in [0.2, 0.25) is 0 Å². The molecule has 0 spiro atoms. The molecule has 0 aliphatic heterocycles. The van der Waals surface area contributed by atoms with Gasteiger partial charge in [-0.3, -0.25) is 0 Å². The number of nitrogens with two attached hydrogens (primary N) is 1. The van der Waals surface area contributed by atoms with Crippen LogP contribution < -0.4 is 10.5 Å². The maximum Gasteiger partial charge on any atom is 0.216 e. The molecule has 1 atom stereocenters. The molecule has 19 heavy (non-hydrogen) atoms. The van der Waals surface area contributed by atoms with Crippen LogP contribution in [0.4, 0.5) is 0 Å². The smallest absolute Gasteiger partial charge is 0.216 e. The van der Waals surface area contributed by atoms with Gasteiger partial charge in [0.25, 0.3) is 0 Å². The van der Waals surface area contributed by atoms with E-state index in [1.807, 2.05) is 19.9 Å². The Morgan fingerprint density at radius 1 is 1.37 bits per heavy atom. The first kappa shape index (κ1) is 15.6. The van der Waals surface area contributed by atoms with Gasteiger partial charge in [0.2, 0.25) is 10.0 Å². The minimum atomic E-state index is -3.50. The van der Waals surface area contributed by atoms with E-state index in [0.717, 1.165) is 0 Å². The Kier molecular flexibility index (Phi) is 5.48. The predicted molar refractivity (Wildman–Crippen MR) is 74.6 cm³/mol. The highest BCUT2D eigenvalue weighted by Gasteiger charge is 2.20. The van der Waals surface area contributed by atoms with Crippen molar-refractivity contribution >= 4 is 10.0 Å². The van der Waals surface area contributed by atoms with Crippen molar-refractivity contribution in [3.8, 4) is 6.07 Å². The van der Waals surface area contributed by atoms with Gasteiger partial charge < -0.3 is 5.73 Å². The standard InChI is InChI=1S/C13H19N3O2S/c1-10(2)13(8-15)16-19(17,18)9-12-6-4-3-5-11(12)7-14/h3-6,10,13,16H,8-9,15H2,1-2H3. The van der Waals surface area contributed by atoms with Gasteiger partial charge in [0.1, 0.15) is 0 Å². The van der Waals surface area contributed by atoms with Crippen molar-refractivity contribution in [1.29, 1.82) is 5.26 Å². The lowest BCUT2D eigenvalue weighted by Crippen LogP contribution is -2.44. The molecule has 0 aromatic heterocycles. The first-order valence-corrected chi connectivity index (χ1v) is 7.73. The van der Waals surface area contributed by atoms with Crippen LogP contribution in [0.1, 0.15) is 25.0 Å². The van der Waals surface area contributed by atoms with Crippen molar-refractivity contribution in [3.05, 3.63) is 35.4 Å². The van der Waals surface area contributed by atoms with E-state index in [-0.39, 0.29) is 24.3 Å². The molecule has 1 rings (SSSR count). The first-order chi connectivity index (χ1) is 8.89. The lowest BCUT2D eigenvalue weighted by atomic mass is 10.1. The second kappa shape index (κ2) is 6.66. The third kappa shape index (κ3) is 4.63. The van der Waals surface area contributed by atoms with Crippen molar-refractivity contribution in [3.63, 3.8) is 0 Å². The molecule has 0 amide bonds. The van der Waals surface area contributed by atoms with Crippen LogP contribution in [0.3, 0.4) is 0 Å². The summed E-state index contributed by atoms with van der Waals surface area (Å²) in [6.45, 7) is 4.06. The summed E-state index contributed by atoms with van der Waals surface area (Å²) in [6, 6.07) is 8.37. The number of benzene rings is 1. The summed E-state index contributed by atoms with van der Waals surface area (Å²) in [5, 5.41) is 8.95. The van der Waals surface area contributed by atoms with Gasteiger partial charge in [-0.25, -0.2) is 13.1 Å². The molecule has 0 bridgehead atoms. The molecular weight excluding hydrogens is 262 g/mol. The summed E-state index contributed by atoms with van der Waals surface area (Å²) in [7, 11) is -3.50. The molecular formula is C13H19N3O2S. The van der Waals surface area contributed by atoms with E-state index in [1.54, 1.807) is 24.3 Å². The molecule has 0 saturated heterocycles. The average molecular weight is 281 g/mol. The summed E-state index contributed by atoms with van der Waals surface area (Å²) in [5.74, 6) is -0.0917. The largest absolute Gasteiger partial charge is 0.329 e. The summed E-state index contributed by atoms with van der Waals surface area (Å²) >= 11 is 0. The van der Waals surface area contributed by atoms with Crippen molar-refractivity contribution in [1.82, 2.24) is 4.72 Å². The zero-order valence-corrected chi connectivity index (χ0v) is 11.9. The third-order valence-electron chi connectivity index (χ3n) is 2.87. The van der Waals surface area contributed by atoms with E-state index < -0.39 is 10.0 Å². The van der Waals surface area contributed by atoms with Gasteiger partial charge in [-0.05, 0) is 17.5 Å².